The molecule has 0 aromatic heterocycles. The average Bonchev–Trinajstić information content (AvgIpc) is 2.11. The van der Waals surface area contributed by atoms with Crippen molar-refractivity contribution in [2.24, 2.45) is 17.8 Å². The maximum atomic E-state index is 4.02. The van der Waals surface area contributed by atoms with Crippen molar-refractivity contribution in [3.8, 4) is 0 Å². The lowest BCUT2D eigenvalue weighted by Gasteiger charge is -2.13. The smallest absolute Gasteiger partial charge is 0.0225 e. The second-order valence-electron chi connectivity index (χ2n) is 4.93. The largest absolute Gasteiger partial charge is 0.0956 e. The standard InChI is InChI=1S/C14H26/c1-11(2)13(5)9-7-8-10-14(6)12(3)4/h7,9,11-12,14H,5,8,10H2,1-4,6H3. The number of hydrogen-bond donors (Lipinski definition) is 0. The van der Waals surface area contributed by atoms with Crippen LogP contribution in [0.2, 0.25) is 0 Å². The van der Waals surface area contributed by atoms with Gasteiger partial charge < -0.3 is 0 Å². The Balaban J connectivity index is 3.69. The quantitative estimate of drug-likeness (QED) is 0.531. The summed E-state index contributed by atoms with van der Waals surface area (Å²) in [6.45, 7) is 15.3. The zero-order valence-electron chi connectivity index (χ0n) is 10.5. The normalized spacial score (nSPS) is 14.2. The van der Waals surface area contributed by atoms with Crippen molar-refractivity contribution in [2.75, 3.05) is 0 Å². The van der Waals surface area contributed by atoms with Gasteiger partial charge in [0.15, 0.2) is 0 Å². The Hall–Kier alpha value is -0.520. The minimum Gasteiger partial charge on any atom is -0.0956 e. The second-order valence-corrected chi connectivity index (χ2v) is 4.93. The van der Waals surface area contributed by atoms with E-state index in [0.29, 0.717) is 5.92 Å². The molecule has 0 bridgehead atoms. The minimum absolute atomic E-state index is 0.578. The van der Waals surface area contributed by atoms with E-state index in [0.717, 1.165) is 11.8 Å². The third kappa shape index (κ3) is 6.01. The Bertz CT molecular complexity index is 184. The number of allylic oxidation sites excluding steroid dienone is 3. The lowest BCUT2D eigenvalue weighted by Crippen LogP contribution is -2.02. The lowest BCUT2D eigenvalue weighted by atomic mass is 9.93. The average molecular weight is 194 g/mol. The van der Waals surface area contributed by atoms with Crippen molar-refractivity contribution < 1.29 is 0 Å². The van der Waals surface area contributed by atoms with Crippen LogP contribution >= 0.6 is 0 Å². The van der Waals surface area contributed by atoms with Gasteiger partial charge in [0.2, 0.25) is 0 Å². The SMILES string of the molecule is C=C(C=CCCC(C)C(C)C)C(C)C. The predicted molar refractivity (Wildman–Crippen MR) is 66.4 cm³/mol. The van der Waals surface area contributed by atoms with Crippen molar-refractivity contribution >= 4 is 0 Å². The molecule has 0 fully saturated rings. The highest BCUT2D eigenvalue weighted by atomic mass is 14.1. The van der Waals surface area contributed by atoms with Crippen LogP contribution in [-0.2, 0) is 0 Å². The molecule has 0 rings (SSSR count). The van der Waals surface area contributed by atoms with Gasteiger partial charge in [0.05, 0.1) is 0 Å². The van der Waals surface area contributed by atoms with Gasteiger partial charge in [0.1, 0.15) is 0 Å². The molecule has 0 aliphatic carbocycles. The van der Waals surface area contributed by atoms with Crippen LogP contribution < -0.4 is 0 Å². The summed E-state index contributed by atoms with van der Waals surface area (Å²) in [7, 11) is 0. The van der Waals surface area contributed by atoms with Gasteiger partial charge in [0, 0.05) is 0 Å². The van der Waals surface area contributed by atoms with E-state index in [4.69, 9.17) is 0 Å². The van der Waals surface area contributed by atoms with Crippen LogP contribution in [0.4, 0.5) is 0 Å². The first-order chi connectivity index (χ1) is 6.45. The van der Waals surface area contributed by atoms with Crippen LogP contribution in [0.25, 0.3) is 0 Å². The van der Waals surface area contributed by atoms with Gasteiger partial charge in [-0.1, -0.05) is 58.9 Å². The molecular formula is C14H26. The first kappa shape index (κ1) is 13.5. The van der Waals surface area contributed by atoms with E-state index < -0.39 is 0 Å². The van der Waals surface area contributed by atoms with Crippen LogP contribution in [-0.4, -0.2) is 0 Å². The van der Waals surface area contributed by atoms with Crippen molar-refractivity contribution in [3.63, 3.8) is 0 Å². The monoisotopic (exact) mass is 194 g/mol. The lowest BCUT2D eigenvalue weighted by molar-refractivity contribution is 0.395. The molecule has 0 heteroatoms. The van der Waals surface area contributed by atoms with Crippen molar-refractivity contribution in [1.82, 2.24) is 0 Å². The summed E-state index contributed by atoms with van der Waals surface area (Å²) in [5.41, 5.74) is 1.24. The number of rotatable bonds is 6. The van der Waals surface area contributed by atoms with Gasteiger partial charge in [-0.3, -0.25) is 0 Å². The predicted octanol–water partition coefficient (Wildman–Crippen LogP) is 4.83. The molecule has 0 nitrogen and oxygen atoms in total. The Morgan fingerprint density at radius 1 is 1.14 bits per heavy atom. The minimum atomic E-state index is 0.578. The van der Waals surface area contributed by atoms with Crippen molar-refractivity contribution in [3.05, 3.63) is 24.3 Å². The van der Waals surface area contributed by atoms with Crippen molar-refractivity contribution in [1.29, 1.82) is 0 Å². The van der Waals surface area contributed by atoms with Crippen LogP contribution in [0.1, 0.15) is 47.5 Å². The second kappa shape index (κ2) is 6.86. The first-order valence-electron chi connectivity index (χ1n) is 5.80. The van der Waals surface area contributed by atoms with E-state index in [1.165, 1.54) is 18.4 Å². The number of hydrogen-bond acceptors (Lipinski definition) is 0. The first-order valence-corrected chi connectivity index (χ1v) is 5.80. The van der Waals surface area contributed by atoms with Gasteiger partial charge >= 0.3 is 0 Å². The van der Waals surface area contributed by atoms with E-state index in [9.17, 15) is 0 Å². The molecule has 82 valence electrons. The molecule has 14 heavy (non-hydrogen) atoms. The van der Waals surface area contributed by atoms with Gasteiger partial charge in [-0.05, 0) is 30.6 Å². The van der Waals surface area contributed by atoms with Crippen molar-refractivity contribution in [2.45, 2.75) is 47.5 Å². The van der Waals surface area contributed by atoms with E-state index in [-0.39, 0.29) is 0 Å². The Morgan fingerprint density at radius 3 is 2.14 bits per heavy atom. The topological polar surface area (TPSA) is 0 Å². The van der Waals surface area contributed by atoms with Crippen LogP contribution in [0.3, 0.4) is 0 Å². The summed E-state index contributed by atoms with van der Waals surface area (Å²) >= 11 is 0. The van der Waals surface area contributed by atoms with E-state index in [2.05, 4.69) is 53.3 Å². The molecule has 0 saturated heterocycles. The van der Waals surface area contributed by atoms with E-state index >= 15 is 0 Å². The fraction of sp³-hybridized carbons (Fsp3) is 0.714. The molecule has 0 aromatic carbocycles. The van der Waals surface area contributed by atoms with Crippen LogP contribution in [0.15, 0.2) is 24.3 Å². The highest BCUT2D eigenvalue weighted by Crippen LogP contribution is 2.16. The Kier molecular flexibility index (Phi) is 6.61. The molecule has 0 spiro atoms. The summed E-state index contributed by atoms with van der Waals surface area (Å²) in [5.74, 6) is 2.21. The Labute approximate surface area is 90.1 Å². The molecule has 0 aliphatic heterocycles. The summed E-state index contributed by atoms with van der Waals surface area (Å²) in [6.07, 6.45) is 6.92. The van der Waals surface area contributed by atoms with E-state index in [1.54, 1.807) is 0 Å². The van der Waals surface area contributed by atoms with Gasteiger partial charge in [-0.2, -0.15) is 0 Å². The molecule has 1 atom stereocenters. The molecule has 0 saturated carbocycles. The maximum Gasteiger partial charge on any atom is -0.0225 e. The molecule has 0 amide bonds. The molecular weight excluding hydrogens is 168 g/mol. The van der Waals surface area contributed by atoms with Crippen LogP contribution in [0.5, 0.6) is 0 Å². The molecule has 0 N–H and O–H groups in total. The summed E-state index contributed by atoms with van der Waals surface area (Å²) in [5, 5.41) is 0. The third-order valence-electron chi connectivity index (χ3n) is 3.00. The third-order valence-corrected chi connectivity index (χ3v) is 3.00. The van der Waals surface area contributed by atoms with Crippen LogP contribution in [0, 0.1) is 17.8 Å². The fourth-order valence-corrected chi connectivity index (χ4v) is 1.12. The molecule has 0 radical (unpaired) electrons. The fourth-order valence-electron chi connectivity index (χ4n) is 1.12. The van der Waals surface area contributed by atoms with Gasteiger partial charge in [-0.15, -0.1) is 0 Å². The Morgan fingerprint density at radius 2 is 1.71 bits per heavy atom. The highest BCUT2D eigenvalue weighted by molar-refractivity contribution is 5.16. The zero-order valence-corrected chi connectivity index (χ0v) is 10.5. The zero-order chi connectivity index (χ0) is 11.1. The molecule has 0 heterocycles. The summed E-state index contributed by atoms with van der Waals surface area (Å²) < 4.78 is 0. The summed E-state index contributed by atoms with van der Waals surface area (Å²) in [6, 6.07) is 0. The van der Waals surface area contributed by atoms with E-state index in [1.807, 2.05) is 0 Å². The van der Waals surface area contributed by atoms with Gasteiger partial charge in [-0.25, -0.2) is 0 Å². The summed E-state index contributed by atoms with van der Waals surface area (Å²) in [4.78, 5) is 0. The van der Waals surface area contributed by atoms with Gasteiger partial charge in [0.25, 0.3) is 0 Å². The highest BCUT2D eigenvalue weighted by Gasteiger charge is 2.04. The molecule has 0 aliphatic rings. The maximum absolute atomic E-state index is 4.02. The molecule has 1 unspecified atom stereocenters. The molecule has 0 aromatic rings.